The minimum atomic E-state index is 0.170. The molecule has 0 aliphatic heterocycles. The molecule has 0 saturated carbocycles. The summed E-state index contributed by atoms with van der Waals surface area (Å²) in [4.78, 5) is 0. The van der Waals surface area contributed by atoms with E-state index < -0.39 is 0 Å². The summed E-state index contributed by atoms with van der Waals surface area (Å²) >= 11 is 0. The van der Waals surface area contributed by atoms with Crippen molar-refractivity contribution < 1.29 is 10.2 Å². The van der Waals surface area contributed by atoms with Crippen LogP contribution in [0, 0.1) is 0 Å². The lowest BCUT2D eigenvalue weighted by Crippen LogP contribution is -1.82. The van der Waals surface area contributed by atoms with E-state index in [-0.39, 0.29) is 11.5 Å². The second-order valence-corrected chi connectivity index (χ2v) is 4.20. The summed E-state index contributed by atoms with van der Waals surface area (Å²) in [5.41, 5.74) is 1.28. The van der Waals surface area contributed by atoms with Crippen LogP contribution in [0.4, 0.5) is 0 Å². The Morgan fingerprint density at radius 2 is 1.33 bits per heavy atom. The van der Waals surface area contributed by atoms with Gasteiger partial charge in [-0.1, -0.05) is 48.5 Å². The van der Waals surface area contributed by atoms with Gasteiger partial charge in [0.1, 0.15) is 11.5 Å². The van der Waals surface area contributed by atoms with Gasteiger partial charge >= 0.3 is 0 Å². The predicted molar refractivity (Wildman–Crippen MR) is 72.7 cm³/mol. The first-order valence-electron chi connectivity index (χ1n) is 5.76. The molecule has 0 aliphatic carbocycles. The topological polar surface area (TPSA) is 40.5 Å². The number of phenolic OH excluding ortho intramolecular Hbond substituents is 2. The van der Waals surface area contributed by atoms with E-state index in [1.54, 1.807) is 18.2 Å². The van der Waals surface area contributed by atoms with Crippen molar-refractivity contribution in [2.45, 2.75) is 0 Å². The molecule has 0 unspecified atom stereocenters. The zero-order chi connectivity index (χ0) is 12.5. The van der Waals surface area contributed by atoms with Gasteiger partial charge < -0.3 is 10.2 Å². The number of rotatable bonds is 1. The van der Waals surface area contributed by atoms with Crippen LogP contribution in [-0.2, 0) is 0 Å². The molecular formula is C16H12O2. The maximum atomic E-state index is 10.3. The molecule has 0 heterocycles. The largest absolute Gasteiger partial charge is 0.507 e. The molecule has 0 fully saturated rings. The molecule has 3 aromatic rings. The third-order valence-electron chi connectivity index (χ3n) is 3.09. The van der Waals surface area contributed by atoms with E-state index in [0.29, 0.717) is 11.1 Å². The van der Waals surface area contributed by atoms with Crippen LogP contribution in [0.25, 0.3) is 21.9 Å². The molecule has 88 valence electrons. The van der Waals surface area contributed by atoms with Crippen molar-refractivity contribution in [3.05, 3.63) is 60.7 Å². The first-order valence-corrected chi connectivity index (χ1v) is 5.76. The standard InChI is InChI=1S/C16H12O2/c17-15-8-4-3-7-13(15)14-10-9-11-5-1-2-6-12(11)16(14)18/h1-10,17-18H. The molecule has 0 saturated heterocycles. The molecule has 0 amide bonds. The maximum Gasteiger partial charge on any atom is 0.131 e. The number of phenols is 2. The molecule has 2 nitrogen and oxygen atoms in total. The average Bonchev–Trinajstić information content (AvgIpc) is 2.41. The quantitative estimate of drug-likeness (QED) is 0.672. The SMILES string of the molecule is Oc1ccccc1-c1ccc2ccccc2c1O. The van der Waals surface area contributed by atoms with Gasteiger partial charge in [0.15, 0.2) is 0 Å². The van der Waals surface area contributed by atoms with Gasteiger partial charge in [-0.05, 0) is 17.5 Å². The van der Waals surface area contributed by atoms with Crippen molar-refractivity contribution in [3.8, 4) is 22.6 Å². The lowest BCUT2D eigenvalue weighted by molar-refractivity contribution is 0.472. The molecule has 0 spiro atoms. The molecule has 2 heteroatoms. The number of benzene rings is 3. The van der Waals surface area contributed by atoms with E-state index in [9.17, 15) is 10.2 Å². The van der Waals surface area contributed by atoms with Gasteiger partial charge in [-0.3, -0.25) is 0 Å². The van der Waals surface area contributed by atoms with Crippen LogP contribution in [0.15, 0.2) is 60.7 Å². The summed E-state index contributed by atoms with van der Waals surface area (Å²) in [5.74, 6) is 0.373. The fraction of sp³-hybridized carbons (Fsp3) is 0. The number of para-hydroxylation sites is 1. The fourth-order valence-corrected chi connectivity index (χ4v) is 2.17. The highest BCUT2D eigenvalue weighted by molar-refractivity contribution is 5.95. The molecular weight excluding hydrogens is 224 g/mol. The highest BCUT2D eigenvalue weighted by Crippen LogP contribution is 2.39. The van der Waals surface area contributed by atoms with Gasteiger partial charge in [-0.15, -0.1) is 0 Å². The lowest BCUT2D eigenvalue weighted by atomic mass is 9.99. The normalized spacial score (nSPS) is 10.7. The van der Waals surface area contributed by atoms with Gasteiger partial charge in [0.2, 0.25) is 0 Å². The first kappa shape index (κ1) is 10.7. The van der Waals surface area contributed by atoms with Crippen molar-refractivity contribution >= 4 is 10.8 Å². The van der Waals surface area contributed by atoms with Crippen LogP contribution < -0.4 is 0 Å². The Labute approximate surface area is 105 Å². The number of aromatic hydroxyl groups is 2. The molecule has 0 bridgehead atoms. The number of fused-ring (bicyclic) bond motifs is 1. The fourth-order valence-electron chi connectivity index (χ4n) is 2.17. The van der Waals surface area contributed by atoms with E-state index in [0.717, 1.165) is 10.8 Å². The van der Waals surface area contributed by atoms with Crippen LogP contribution in [0.3, 0.4) is 0 Å². The molecule has 3 rings (SSSR count). The Kier molecular flexibility index (Phi) is 2.41. The summed E-state index contributed by atoms with van der Waals surface area (Å²) in [6, 6.07) is 18.4. The Morgan fingerprint density at radius 3 is 2.17 bits per heavy atom. The average molecular weight is 236 g/mol. The van der Waals surface area contributed by atoms with Gasteiger partial charge in [0, 0.05) is 16.5 Å². The zero-order valence-corrected chi connectivity index (χ0v) is 9.67. The molecule has 18 heavy (non-hydrogen) atoms. The third kappa shape index (κ3) is 1.59. The van der Waals surface area contributed by atoms with Crippen LogP contribution in [-0.4, -0.2) is 10.2 Å². The summed E-state index contributed by atoms with van der Waals surface area (Å²) < 4.78 is 0. The Morgan fingerprint density at radius 1 is 0.611 bits per heavy atom. The van der Waals surface area contributed by atoms with Crippen molar-refractivity contribution in [2.24, 2.45) is 0 Å². The van der Waals surface area contributed by atoms with Gasteiger partial charge in [0.05, 0.1) is 0 Å². The van der Waals surface area contributed by atoms with E-state index in [1.165, 1.54) is 0 Å². The van der Waals surface area contributed by atoms with E-state index in [4.69, 9.17) is 0 Å². The zero-order valence-electron chi connectivity index (χ0n) is 9.67. The van der Waals surface area contributed by atoms with Gasteiger partial charge in [-0.2, -0.15) is 0 Å². The van der Waals surface area contributed by atoms with Crippen LogP contribution in [0.1, 0.15) is 0 Å². The second-order valence-electron chi connectivity index (χ2n) is 4.20. The minimum Gasteiger partial charge on any atom is -0.507 e. The summed E-state index contributed by atoms with van der Waals surface area (Å²) in [7, 11) is 0. The Hall–Kier alpha value is -2.48. The van der Waals surface area contributed by atoms with Gasteiger partial charge in [-0.25, -0.2) is 0 Å². The van der Waals surface area contributed by atoms with Crippen LogP contribution >= 0.6 is 0 Å². The van der Waals surface area contributed by atoms with E-state index in [2.05, 4.69) is 0 Å². The van der Waals surface area contributed by atoms with Crippen molar-refractivity contribution in [1.29, 1.82) is 0 Å². The Bertz CT molecular complexity index is 717. The molecule has 2 N–H and O–H groups in total. The molecule has 0 aliphatic rings. The lowest BCUT2D eigenvalue weighted by Gasteiger charge is -2.09. The number of hydrogen-bond acceptors (Lipinski definition) is 2. The maximum absolute atomic E-state index is 10.3. The molecule has 3 aromatic carbocycles. The van der Waals surface area contributed by atoms with Crippen LogP contribution in [0.2, 0.25) is 0 Å². The number of hydrogen-bond donors (Lipinski definition) is 2. The van der Waals surface area contributed by atoms with Crippen molar-refractivity contribution in [1.82, 2.24) is 0 Å². The molecule has 0 atom stereocenters. The summed E-state index contributed by atoms with van der Waals surface area (Å²) in [5, 5.41) is 21.9. The van der Waals surface area contributed by atoms with Crippen molar-refractivity contribution in [3.63, 3.8) is 0 Å². The summed E-state index contributed by atoms with van der Waals surface area (Å²) in [6.07, 6.45) is 0. The first-order chi connectivity index (χ1) is 8.77. The monoisotopic (exact) mass is 236 g/mol. The highest BCUT2D eigenvalue weighted by atomic mass is 16.3. The van der Waals surface area contributed by atoms with Crippen molar-refractivity contribution in [2.75, 3.05) is 0 Å². The summed E-state index contributed by atoms with van der Waals surface area (Å²) in [6.45, 7) is 0. The highest BCUT2D eigenvalue weighted by Gasteiger charge is 2.10. The van der Waals surface area contributed by atoms with E-state index in [1.807, 2.05) is 42.5 Å². The third-order valence-corrected chi connectivity index (χ3v) is 3.09. The van der Waals surface area contributed by atoms with Crippen LogP contribution in [0.5, 0.6) is 11.5 Å². The molecule has 0 aromatic heterocycles. The smallest absolute Gasteiger partial charge is 0.131 e. The van der Waals surface area contributed by atoms with Gasteiger partial charge in [0.25, 0.3) is 0 Å². The Balaban J connectivity index is 2.31. The molecule has 0 radical (unpaired) electrons. The minimum absolute atomic E-state index is 0.170. The van der Waals surface area contributed by atoms with E-state index >= 15 is 0 Å². The second kappa shape index (κ2) is 4.08. The predicted octanol–water partition coefficient (Wildman–Crippen LogP) is 3.92.